The summed E-state index contributed by atoms with van der Waals surface area (Å²) in [5, 5.41) is 2.67. The molecule has 0 amide bonds. The third kappa shape index (κ3) is 3.75. The minimum atomic E-state index is -0.304. The van der Waals surface area contributed by atoms with E-state index in [-0.39, 0.29) is 11.9 Å². The fraction of sp³-hybridized carbons (Fsp3) is 0.438. The second-order valence-electron chi connectivity index (χ2n) is 5.36. The lowest BCUT2D eigenvalue weighted by Gasteiger charge is -2.31. The molecule has 6 heteroatoms. The van der Waals surface area contributed by atoms with Gasteiger partial charge in [-0.05, 0) is 30.5 Å². The van der Waals surface area contributed by atoms with E-state index in [9.17, 15) is 4.39 Å². The average molecular weight is 322 g/mol. The van der Waals surface area contributed by atoms with Crippen molar-refractivity contribution in [2.75, 3.05) is 20.2 Å². The monoisotopic (exact) mass is 322 g/mol. The Kier molecular flexibility index (Phi) is 4.90. The Morgan fingerprint density at radius 3 is 2.82 bits per heavy atom. The Morgan fingerprint density at radius 2 is 2.18 bits per heavy atom. The molecule has 0 atom stereocenters. The number of rotatable bonds is 5. The Labute approximate surface area is 133 Å². The van der Waals surface area contributed by atoms with Crippen molar-refractivity contribution in [2.24, 2.45) is 0 Å². The van der Waals surface area contributed by atoms with E-state index in [0.717, 1.165) is 43.2 Å². The van der Waals surface area contributed by atoms with Crippen LogP contribution in [0.3, 0.4) is 0 Å². The van der Waals surface area contributed by atoms with E-state index >= 15 is 0 Å². The third-order valence-corrected chi connectivity index (χ3v) is 4.50. The molecule has 1 fully saturated rings. The van der Waals surface area contributed by atoms with Crippen LogP contribution in [0.1, 0.15) is 18.4 Å². The molecule has 0 bridgehead atoms. The van der Waals surface area contributed by atoms with Crippen LogP contribution >= 0.6 is 11.3 Å². The van der Waals surface area contributed by atoms with Gasteiger partial charge in [-0.25, -0.2) is 9.37 Å². The first-order valence-electron chi connectivity index (χ1n) is 7.35. The maximum Gasteiger partial charge on any atom is 0.273 e. The lowest BCUT2D eigenvalue weighted by Crippen LogP contribution is -2.37. The second-order valence-corrected chi connectivity index (χ2v) is 6.22. The topological polar surface area (TPSA) is 34.6 Å². The van der Waals surface area contributed by atoms with Gasteiger partial charge >= 0.3 is 0 Å². The summed E-state index contributed by atoms with van der Waals surface area (Å²) >= 11 is 1.52. The van der Waals surface area contributed by atoms with Gasteiger partial charge in [-0.3, -0.25) is 4.90 Å². The largest absolute Gasteiger partial charge is 0.494 e. The first kappa shape index (κ1) is 15.2. The molecular formula is C16H19FN2O2S. The Hall–Kier alpha value is -1.66. The molecular weight excluding hydrogens is 303 g/mol. The van der Waals surface area contributed by atoms with Gasteiger partial charge in [-0.2, -0.15) is 0 Å². The van der Waals surface area contributed by atoms with Crippen LogP contribution in [-0.4, -0.2) is 36.2 Å². The van der Waals surface area contributed by atoms with E-state index in [1.165, 1.54) is 18.4 Å². The minimum absolute atomic E-state index is 0.231. The van der Waals surface area contributed by atoms with Crippen LogP contribution < -0.4 is 9.47 Å². The van der Waals surface area contributed by atoms with Gasteiger partial charge < -0.3 is 9.47 Å². The zero-order chi connectivity index (χ0) is 15.4. The van der Waals surface area contributed by atoms with E-state index in [1.54, 1.807) is 18.3 Å². The van der Waals surface area contributed by atoms with Crippen molar-refractivity contribution in [3.8, 4) is 10.9 Å². The van der Waals surface area contributed by atoms with Crippen molar-refractivity contribution in [3.63, 3.8) is 0 Å². The van der Waals surface area contributed by atoms with E-state index < -0.39 is 0 Å². The fourth-order valence-corrected chi connectivity index (χ4v) is 3.21. The Bertz CT molecular complexity index is 598. The molecule has 4 nitrogen and oxygen atoms in total. The van der Waals surface area contributed by atoms with E-state index in [2.05, 4.69) is 9.88 Å². The SMILES string of the molecule is COc1ccc(CN2CCC(Oc3nccs3)CC2)cc1F. The number of likely N-dealkylation sites (tertiary alicyclic amines) is 1. The molecule has 0 spiro atoms. The summed E-state index contributed by atoms with van der Waals surface area (Å²) in [6.45, 7) is 2.65. The van der Waals surface area contributed by atoms with Gasteiger partial charge in [-0.15, -0.1) is 0 Å². The van der Waals surface area contributed by atoms with Gasteiger partial charge in [0.15, 0.2) is 11.6 Å². The number of hydrogen-bond acceptors (Lipinski definition) is 5. The van der Waals surface area contributed by atoms with Gasteiger partial charge in [0, 0.05) is 31.2 Å². The molecule has 0 aliphatic carbocycles. The number of halogens is 1. The summed E-state index contributed by atoms with van der Waals surface area (Å²) < 4.78 is 24.5. The van der Waals surface area contributed by atoms with Crippen LogP contribution in [0.2, 0.25) is 0 Å². The molecule has 118 valence electrons. The molecule has 0 radical (unpaired) electrons. The van der Waals surface area contributed by atoms with Crippen molar-refractivity contribution >= 4 is 11.3 Å². The lowest BCUT2D eigenvalue weighted by molar-refractivity contribution is 0.0965. The summed E-state index contributed by atoms with van der Waals surface area (Å²) in [7, 11) is 1.48. The molecule has 0 saturated carbocycles. The van der Waals surface area contributed by atoms with Gasteiger partial charge in [-0.1, -0.05) is 17.4 Å². The predicted octanol–water partition coefficient (Wildman–Crippen LogP) is 3.33. The quantitative estimate of drug-likeness (QED) is 0.846. The maximum atomic E-state index is 13.7. The van der Waals surface area contributed by atoms with Gasteiger partial charge in [0.25, 0.3) is 5.19 Å². The normalized spacial score (nSPS) is 16.6. The highest BCUT2D eigenvalue weighted by Gasteiger charge is 2.21. The average Bonchev–Trinajstić information content (AvgIpc) is 3.02. The fourth-order valence-electron chi connectivity index (χ4n) is 2.66. The first-order valence-corrected chi connectivity index (χ1v) is 8.23. The first-order chi connectivity index (χ1) is 10.7. The van der Waals surface area contributed by atoms with Gasteiger partial charge in [0.1, 0.15) is 6.10 Å². The predicted molar refractivity (Wildman–Crippen MR) is 84.0 cm³/mol. The van der Waals surface area contributed by atoms with E-state index in [4.69, 9.17) is 9.47 Å². The molecule has 0 N–H and O–H groups in total. The number of benzene rings is 1. The van der Waals surface area contributed by atoms with Crippen molar-refractivity contribution in [3.05, 3.63) is 41.2 Å². The number of ether oxygens (including phenoxy) is 2. The second kappa shape index (κ2) is 7.07. The summed E-state index contributed by atoms with van der Waals surface area (Å²) in [6, 6.07) is 5.15. The van der Waals surface area contributed by atoms with E-state index in [1.807, 2.05) is 11.4 Å². The molecule has 2 aromatic rings. The van der Waals surface area contributed by atoms with Crippen LogP contribution in [0.15, 0.2) is 29.8 Å². The summed E-state index contributed by atoms with van der Waals surface area (Å²) in [5.41, 5.74) is 0.970. The number of thiazole rings is 1. The maximum absolute atomic E-state index is 13.7. The highest BCUT2D eigenvalue weighted by Crippen LogP contribution is 2.23. The molecule has 0 unspecified atom stereocenters. The minimum Gasteiger partial charge on any atom is -0.494 e. The number of aromatic nitrogens is 1. The van der Waals surface area contributed by atoms with Crippen LogP contribution in [0.4, 0.5) is 4.39 Å². The van der Waals surface area contributed by atoms with Crippen LogP contribution in [-0.2, 0) is 6.54 Å². The Morgan fingerprint density at radius 1 is 1.36 bits per heavy atom. The van der Waals surface area contributed by atoms with Crippen molar-refractivity contribution in [1.29, 1.82) is 0 Å². The van der Waals surface area contributed by atoms with Crippen molar-refractivity contribution in [2.45, 2.75) is 25.5 Å². The molecule has 1 aliphatic rings. The van der Waals surface area contributed by atoms with Crippen molar-refractivity contribution in [1.82, 2.24) is 9.88 Å². The third-order valence-electron chi connectivity index (χ3n) is 3.83. The van der Waals surface area contributed by atoms with Crippen LogP contribution in [0.5, 0.6) is 10.9 Å². The van der Waals surface area contributed by atoms with Crippen molar-refractivity contribution < 1.29 is 13.9 Å². The van der Waals surface area contributed by atoms with E-state index in [0.29, 0.717) is 5.75 Å². The summed E-state index contributed by atoms with van der Waals surface area (Å²) in [6.07, 6.45) is 3.93. The van der Waals surface area contributed by atoms with Gasteiger partial charge in [0.2, 0.25) is 0 Å². The molecule has 1 saturated heterocycles. The molecule has 1 aromatic carbocycles. The van der Waals surface area contributed by atoms with Crippen LogP contribution in [0.25, 0.3) is 0 Å². The highest BCUT2D eigenvalue weighted by molar-refractivity contribution is 7.11. The molecule has 22 heavy (non-hydrogen) atoms. The standard InChI is InChI=1S/C16H19FN2O2S/c1-20-15-3-2-12(10-14(15)17)11-19-7-4-13(5-8-19)21-16-18-6-9-22-16/h2-3,6,9-10,13H,4-5,7-8,11H2,1H3. The summed E-state index contributed by atoms with van der Waals surface area (Å²) in [4.78, 5) is 6.47. The number of piperidine rings is 1. The zero-order valence-electron chi connectivity index (χ0n) is 12.5. The molecule has 1 aliphatic heterocycles. The number of methoxy groups -OCH3 is 1. The lowest BCUT2D eigenvalue weighted by atomic mass is 10.1. The van der Waals surface area contributed by atoms with Gasteiger partial charge in [0.05, 0.1) is 7.11 Å². The summed E-state index contributed by atoms with van der Waals surface area (Å²) in [5.74, 6) is -0.0127. The smallest absolute Gasteiger partial charge is 0.273 e. The molecule has 2 heterocycles. The Balaban J connectivity index is 1.50. The number of hydrogen-bond donors (Lipinski definition) is 0. The van der Waals surface area contributed by atoms with Crippen LogP contribution in [0, 0.1) is 5.82 Å². The number of nitrogens with zero attached hydrogens (tertiary/aromatic N) is 2. The molecule has 1 aromatic heterocycles. The zero-order valence-corrected chi connectivity index (χ0v) is 13.3. The highest BCUT2D eigenvalue weighted by atomic mass is 32.1. The molecule has 3 rings (SSSR count).